The third-order valence-corrected chi connectivity index (χ3v) is 18.9. The van der Waals surface area contributed by atoms with Crippen LogP contribution in [0.2, 0.25) is 16.6 Å². The van der Waals surface area contributed by atoms with Crippen LogP contribution < -0.4 is 15.4 Å². The molecule has 4 saturated carbocycles. The monoisotopic (exact) mass is 554 g/mol. The van der Waals surface area contributed by atoms with Gasteiger partial charge in [-0.05, 0) is 112 Å². The number of benzene rings is 1. The fraction of sp³-hybridized carbons (Fsp3) is 0.818. The lowest BCUT2D eigenvalue weighted by Gasteiger charge is -2.57. The van der Waals surface area contributed by atoms with Crippen molar-refractivity contribution in [2.24, 2.45) is 17.8 Å². The van der Waals surface area contributed by atoms with Crippen LogP contribution in [0.3, 0.4) is 0 Å². The smallest absolute Gasteiger partial charge is 0.468 e. The second kappa shape index (κ2) is 10.2. The summed E-state index contributed by atoms with van der Waals surface area (Å²) in [6.45, 7) is 23.7. The van der Waals surface area contributed by atoms with Gasteiger partial charge in [0, 0.05) is 12.6 Å². The predicted molar refractivity (Wildman–Crippen MR) is 165 cm³/mol. The van der Waals surface area contributed by atoms with E-state index in [1.165, 1.54) is 44.1 Å². The molecule has 5 fully saturated rings. The van der Waals surface area contributed by atoms with Crippen LogP contribution in [0.4, 0.5) is 0 Å². The highest BCUT2D eigenvalue weighted by Crippen LogP contribution is 2.62. The van der Waals surface area contributed by atoms with E-state index in [4.69, 9.17) is 18.8 Å². The lowest BCUT2D eigenvalue weighted by Crippen LogP contribution is -2.58. The van der Waals surface area contributed by atoms with E-state index in [0.717, 1.165) is 29.0 Å². The van der Waals surface area contributed by atoms with Gasteiger partial charge in [0.15, 0.2) is 6.79 Å². The zero-order chi connectivity index (χ0) is 28.5. The molecule has 1 heterocycles. The van der Waals surface area contributed by atoms with Crippen molar-refractivity contribution in [3.8, 4) is 5.75 Å². The second-order valence-corrected chi connectivity index (χ2v) is 21.6. The SMILES string of the molecule is COCOc1c(B2OC(C)(C)C(C)(C)O2)cc([Si](C(C)C)(C(C)C)C(C)C)cc1C12CC3CC(CC(C3)C1)C2. The first-order chi connectivity index (χ1) is 18.2. The van der Waals surface area contributed by atoms with E-state index in [2.05, 4.69) is 81.4 Å². The number of rotatable bonds is 9. The second-order valence-electron chi connectivity index (χ2n) is 15.7. The molecule has 0 amide bonds. The van der Waals surface area contributed by atoms with Crippen LogP contribution in [-0.2, 0) is 19.5 Å². The molecule has 6 heteroatoms. The number of methoxy groups -OCH3 is 1. The Labute approximate surface area is 240 Å². The Morgan fingerprint density at radius 2 is 1.28 bits per heavy atom. The summed E-state index contributed by atoms with van der Waals surface area (Å²) in [5.74, 6) is 3.56. The van der Waals surface area contributed by atoms with E-state index in [9.17, 15) is 0 Å². The van der Waals surface area contributed by atoms with E-state index in [1.807, 2.05) is 0 Å². The number of hydrogen-bond donors (Lipinski definition) is 0. The van der Waals surface area contributed by atoms with Crippen LogP contribution in [0, 0.1) is 17.8 Å². The standard InChI is InChI=1S/C33H55BO4Si/c1-21(2)39(22(3)4,23(5)6)27-15-28(33-17-24-12-25(18-33)14-26(13-24)19-33)30(36-20-35-11)29(16-27)34-37-31(7,8)32(9,10)38-34/h15-16,21-26H,12-14,17-20H2,1-11H3. The Morgan fingerprint density at radius 1 is 0.821 bits per heavy atom. The molecule has 0 radical (unpaired) electrons. The zero-order valence-corrected chi connectivity index (χ0v) is 27.8. The molecule has 4 bridgehead atoms. The van der Waals surface area contributed by atoms with Gasteiger partial charge < -0.3 is 18.8 Å². The molecular weight excluding hydrogens is 499 g/mol. The molecule has 0 spiro atoms. The van der Waals surface area contributed by atoms with Crippen LogP contribution in [0.25, 0.3) is 0 Å². The van der Waals surface area contributed by atoms with Crippen molar-refractivity contribution < 1.29 is 18.8 Å². The van der Waals surface area contributed by atoms with Crippen molar-refractivity contribution in [3.63, 3.8) is 0 Å². The molecule has 4 aliphatic carbocycles. The maximum Gasteiger partial charge on any atom is 0.498 e. The molecule has 4 nitrogen and oxygen atoms in total. The van der Waals surface area contributed by atoms with Crippen molar-refractivity contribution >= 4 is 25.8 Å². The van der Waals surface area contributed by atoms with E-state index >= 15 is 0 Å². The van der Waals surface area contributed by atoms with Gasteiger partial charge in [-0.2, -0.15) is 0 Å². The van der Waals surface area contributed by atoms with Gasteiger partial charge in [0.2, 0.25) is 0 Å². The molecule has 1 saturated heterocycles. The summed E-state index contributed by atoms with van der Waals surface area (Å²) in [4.78, 5) is 0. The fourth-order valence-electron chi connectivity index (χ4n) is 10.2. The third kappa shape index (κ3) is 4.68. The Kier molecular flexibility index (Phi) is 7.74. The lowest BCUT2D eigenvalue weighted by atomic mass is 9.47. The molecule has 6 rings (SSSR count). The summed E-state index contributed by atoms with van der Waals surface area (Å²) in [6, 6.07) is 5.11. The van der Waals surface area contributed by atoms with Crippen LogP contribution in [-0.4, -0.2) is 40.3 Å². The van der Waals surface area contributed by atoms with Crippen molar-refractivity contribution in [2.45, 2.75) is 141 Å². The lowest BCUT2D eigenvalue weighted by molar-refractivity contribution is -0.00867. The molecular formula is C33H55BO4Si. The molecule has 1 aliphatic heterocycles. The molecule has 5 aliphatic rings. The Hall–Kier alpha value is -0.818. The summed E-state index contributed by atoms with van der Waals surface area (Å²) in [5.41, 5.74) is 3.78. The summed E-state index contributed by atoms with van der Waals surface area (Å²) in [5, 5.41) is 1.57. The van der Waals surface area contributed by atoms with Gasteiger partial charge in [-0.3, -0.25) is 0 Å². The van der Waals surface area contributed by atoms with Crippen LogP contribution >= 0.6 is 0 Å². The molecule has 1 aromatic rings. The van der Waals surface area contributed by atoms with Crippen molar-refractivity contribution in [2.75, 3.05) is 13.9 Å². The van der Waals surface area contributed by atoms with E-state index in [-0.39, 0.29) is 12.2 Å². The molecule has 0 N–H and O–H groups in total. The van der Waals surface area contributed by atoms with Gasteiger partial charge in [0.1, 0.15) is 5.75 Å². The van der Waals surface area contributed by atoms with E-state index in [1.54, 1.807) is 12.3 Å². The molecule has 1 aromatic carbocycles. The minimum absolute atomic E-state index is 0.192. The van der Waals surface area contributed by atoms with Gasteiger partial charge in [-0.1, -0.05) is 58.9 Å². The first-order valence-electron chi connectivity index (χ1n) is 15.8. The summed E-state index contributed by atoms with van der Waals surface area (Å²) in [7, 11) is -0.683. The maximum atomic E-state index is 6.77. The first kappa shape index (κ1) is 29.7. The molecule has 218 valence electrons. The quantitative estimate of drug-likeness (QED) is 0.237. The van der Waals surface area contributed by atoms with Crippen molar-refractivity contribution in [1.82, 2.24) is 0 Å². The average molecular weight is 555 g/mol. The largest absolute Gasteiger partial charge is 0.498 e. The third-order valence-electron chi connectivity index (χ3n) is 11.9. The summed E-state index contributed by atoms with van der Waals surface area (Å²) in [6.07, 6.45) is 8.19. The normalized spacial score (nSPS) is 31.2. The average Bonchev–Trinajstić information content (AvgIpc) is 3.03. The molecule has 0 atom stereocenters. The topological polar surface area (TPSA) is 36.9 Å². The Bertz CT molecular complexity index is 989. The summed E-state index contributed by atoms with van der Waals surface area (Å²) >= 11 is 0. The zero-order valence-electron chi connectivity index (χ0n) is 26.8. The predicted octanol–water partition coefficient (Wildman–Crippen LogP) is 7.32. The van der Waals surface area contributed by atoms with Crippen LogP contribution in [0.1, 0.15) is 113 Å². The highest BCUT2D eigenvalue weighted by Gasteiger charge is 2.57. The highest BCUT2D eigenvalue weighted by molar-refractivity contribution is 6.95. The molecule has 39 heavy (non-hydrogen) atoms. The van der Waals surface area contributed by atoms with Crippen LogP contribution in [0.15, 0.2) is 12.1 Å². The van der Waals surface area contributed by atoms with E-state index < -0.39 is 26.4 Å². The fourth-order valence-corrected chi connectivity index (χ4v) is 17.0. The maximum absolute atomic E-state index is 6.77. The number of ether oxygens (including phenoxy) is 2. The Balaban J connectivity index is 1.78. The highest BCUT2D eigenvalue weighted by atomic mass is 28.3. The van der Waals surface area contributed by atoms with Crippen molar-refractivity contribution in [3.05, 3.63) is 17.7 Å². The van der Waals surface area contributed by atoms with Gasteiger partial charge >= 0.3 is 7.12 Å². The van der Waals surface area contributed by atoms with Crippen molar-refractivity contribution in [1.29, 1.82) is 0 Å². The van der Waals surface area contributed by atoms with Gasteiger partial charge in [-0.15, -0.1) is 0 Å². The van der Waals surface area contributed by atoms with Gasteiger partial charge in [-0.25, -0.2) is 0 Å². The molecule has 0 unspecified atom stereocenters. The van der Waals surface area contributed by atoms with E-state index in [0.29, 0.717) is 16.6 Å². The minimum atomic E-state index is -1.95. The van der Waals surface area contributed by atoms with Gasteiger partial charge in [0.05, 0.1) is 19.3 Å². The minimum Gasteiger partial charge on any atom is -0.468 e. The van der Waals surface area contributed by atoms with Gasteiger partial charge in [0.25, 0.3) is 0 Å². The Morgan fingerprint density at radius 3 is 1.69 bits per heavy atom. The summed E-state index contributed by atoms with van der Waals surface area (Å²) < 4.78 is 25.7. The number of hydrogen-bond acceptors (Lipinski definition) is 4. The van der Waals surface area contributed by atoms with Crippen LogP contribution in [0.5, 0.6) is 5.75 Å². The first-order valence-corrected chi connectivity index (χ1v) is 18.1. The molecule has 0 aromatic heterocycles.